The zero-order chi connectivity index (χ0) is 51.2. The quantitative estimate of drug-likeness (QED) is 0.0424. The van der Waals surface area contributed by atoms with Crippen LogP contribution in [0.3, 0.4) is 0 Å². The normalized spacial score (nSPS) is 20.4. The van der Waals surface area contributed by atoms with Crippen LogP contribution in [-0.4, -0.2) is 51.8 Å². The van der Waals surface area contributed by atoms with Crippen molar-refractivity contribution in [3.63, 3.8) is 0 Å². The van der Waals surface area contributed by atoms with Crippen molar-refractivity contribution in [2.45, 2.75) is 50.5 Å². The van der Waals surface area contributed by atoms with Gasteiger partial charge in [-0.25, -0.2) is 0 Å². The first kappa shape index (κ1) is 50.9. The lowest BCUT2D eigenvalue weighted by Crippen LogP contribution is -2.89. The van der Waals surface area contributed by atoms with Gasteiger partial charge in [0.15, 0.2) is 0 Å². The van der Waals surface area contributed by atoms with Gasteiger partial charge in [-0.2, -0.15) is 0 Å². The molecular weight excluding hydrogens is 953 g/mol. The van der Waals surface area contributed by atoms with Crippen molar-refractivity contribution in [3.8, 4) is 46.0 Å². The van der Waals surface area contributed by atoms with Crippen LogP contribution in [0.25, 0.3) is 0 Å². The first-order valence-electron chi connectivity index (χ1n) is 24.6. The molecule has 0 saturated carbocycles. The topological polar surface area (TPSA) is 111 Å². The lowest BCUT2D eigenvalue weighted by molar-refractivity contribution is -0.498. The Morgan fingerprint density at radius 3 is 0.878 bits per heavy atom. The van der Waals surface area contributed by atoms with E-state index < -0.39 is 32.0 Å². The number of para-hydroxylation sites is 8. The van der Waals surface area contributed by atoms with Gasteiger partial charge in [0.05, 0.1) is 0 Å². The summed E-state index contributed by atoms with van der Waals surface area (Å²) in [7, 11) is -4.52. The van der Waals surface area contributed by atoms with Crippen molar-refractivity contribution in [3.05, 3.63) is 254 Å². The van der Waals surface area contributed by atoms with Gasteiger partial charge in [0, 0.05) is 26.4 Å². The molecule has 0 radical (unpaired) electrons. The molecule has 0 fully saturated rings. The van der Waals surface area contributed by atoms with Gasteiger partial charge in [0.25, 0.3) is 0 Å². The van der Waals surface area contributed by atoms with Crippen molar-refractivity contribution in [1.82, 2.24) is 0 Å². The summed E-state index contributed by atoms with van der Waals surface area (Å²) in [6.07, 6.45) is 0. The summed E-state index contributed by atoms with van der Waals surface area (Å²) < 4.78 is 90.0. The largest absolute Gasteiger partial charge is 0.632 e. The maximum absolute atomic E-state index is 8.02. The van der Waals surface area contributed by atoms with Crippen LogP contribution in [0.4, 0.5) is 0 Å². The van der Waals surface area contributed by atoms with Crippen LogP contribution in [0.15, 0.2) is 254 Å². The van der Waals surface area contributed by atoms with E-state index in [1.54, 1.807) is 86.3 Å². The molecule has 0 amide bonds. The van der Waals surface area contributed by atoms with E-state index in [0.717, 1.165) is 0 Å². The van der Waals surface area contributed by atoms with Crippen molar-refractivity contribution in [2.24, 2.45) is 0 Å². The van der Waals surface area contributed by atoms with Gasteiger partial charge in [0.1, 0.15) is 46.0 Å². The number of benzene rings is 8. The summed E-state index contributed by atoms with van der Waals surface area (Å²) in [6.45, 7) is 6.89. The van der Waals surface area contributed by atoms with E-state index >= 15 is 0 Å². The highest BCUT2D eigenvalue weighted by atomic mass is 28.4. The lowest BCUT2D eigenvalue weighted by atomic mass is 9.78. The van der Waals surface area contributed by atoms with E-state index in [1.165, 1.54) is 0 Å². The Kier molecular flexibility index (Phi) is 16.0. The Hall–Kier alpha value is -8.04. The molecule has 9 rings (SSSR count). The monoisotopic (exact) mass is 1010 g/mol. The molecule has 74 heavy (non-hydrogen) atoms. The third kappa shape index (κ3) is 10.6. The molecule has 0 heterocycles. The van der Waals surface area contributed by atoms with Crippen LogP contribution in [0.5, 0.6) is 46.0 Å². The predicted octanol–water partition coefficient (Wildman–Crippen LogP) is 13.3. The van der Waals surface area contributed by atoms with Crippen LogP contribution in [0, 0.1) is 0 Å². The van der Waals surface area contributed by atoms with Gasteiger partial charge in [-0.05, 0) is 118 Å². The highest BCUT2D eigenvalue weighted by molar-refractivity contribution is 6.61. The molecule has 4 unspecified atom stereocenters. The molecule has 12 nitrogen and oxygen atoms in total. The highest BCUT2D eigenvalue weighted by Crippen LogP contribution is 2.61. The molecule has 8 aromatic carbocycles. The van der Waals surface area contributed by atoms with Crippen molar-refractivity contribution < 1.29 is 55.9 Å². The fraction of sp³-hybridized carbons (Fsp3) is 0.180. The molecule has 1 aliphatic rings. The zero-order valence-corrected chi connectivity index (χ0v) is 42.6. The van der Waals surface area contributed by atoms with Crippen LogP contribution in [-0.2, 0) is 18.6 Å². The average Bonchev–Trinajstić information content (AvgIpc) is 3.54. The van der Waals surface area contributed by atoms with E-state index in [4.69, 9.17) is 55.9 Å². The van der Waals surface area contributed by atoms with Gasteiger partial charge < -0.3 is 55.9 Å². The Balaban J connectivity index is 1.55. The molecule has 13 heteroatoms. The smallest absolute Gasteiger partial charge is 0.492 e. The van der Waals surface area contributed by atoms with Crippen LogP contribution in [0.2, 0.25) is 6.55 Å². The fourth-order valence-electron chi connectivity index (χ4n) is 8.69. The Morgan fingerprint density at radius 1 is 0.297 bits per heavy atom. The Morgan fingerprint density at radius 2 is 0.554 bits per heavy atom. The molecule has 8 aromatic rings. The minimum atomic E-state index is -4.52. The molecule has 4 atom stereocenters. The number of ether oxygens (including phenoxy) is 9. The minimum Gasteiger partial charge on any atom is -0.492 e. The van der Waals surface area contributed by atoms with Gasteiger partial charge in [-0.3, -0.25) is 0 Å². The highest BCUT2D eigenvalue weighted by Gasteiger charge is 2.91. The summed E-state index contributed by atoms with van der Waals surface area (Å²) in [4.78, 5) is 0. The van der Waals surface area contributed by atoms with E-state index in [-0.39, 0.29) is 48.6 Å². The number of hydrogen-bond acceptors (Lipinski definition) is 12. The molecule has 0 spiro atoms. The first-order chi connectivity index (χ1) is 36.3. The van der Waals surface area contributed by atoms with Gasteiger partial charge in [-0.1, -0.05) is 146 Å². The first-order valence-corrected chi connectivity index (χ1v) is 26.8. The third-order valence-electron chi connectivity index (χ3n) is 11.5. The maximum atomic E-state index is 8.02. The van der Waals surface area contributed by atoms with Crippen LogP contribution >= 0.6 is 0 Å². The average molecular weight is 1010 g/mol. The SMILES string of the molecule is CCOC1(Oc2ccccc2)C(Oc2ccccc2)=C(Oc2ccccc2)C(Oc2ccccc2)(O[Si](C)(Oc2ccccc2)Oc2ccccc2)C(OCC)(Oc2ccccc2)C1(OCC)Oc1ccccc1. The second kappa shape index (κ2) is 23.2. The van der Waals surface area contributed by atoms with Crippen LogP contribution < -0.4 is 37.3 Å². The molecule has 1 aliphatic carbocycles. The maximum Gasteiger partial charge on any atom is 0.632 e. The lowest BCUT2D eigenvalue weighted by Gasteiger charge is -2.62. The molecule has 0 bridgehead atoms. The summed E-state index contributed by atoms with van der Waals surface area (Å²) in [6, 6.07) is 72.9. The molecule has 0 aliphatic heterocycles. The standard InChI is InChI=1S/C61H58O12Si/c1-5-62-58(67-50-36-20-10-21-37-50)56(65-48-32-16-8-17-33-48)57(66-49-34-18-9-19-35-49)59(68-51-38-22-11-23-39-51,73-74(4,71-54-44-28-14-29-45-54)72-55-46-30-15-31-47-55)61(64-7-3,70-53-42-26-13-27-43-53)60(58,63-6-2)69-52-40-24-12-25-41-52/h8-47H,5-7H2,1-4H3. The van der Waals surface area contributed by atoms with E-state index in [2.05, 4.69) is 0 Å². The van der Waals surface area contributed by atoms with E-state index in [9.17, 15) is 0 Å². The Bertz CT molecular complexity index is 2940. The van der Waals surface area contributed by atoms with Crippen LogP contribution in [0.1, 0.15) is 20.8 Å². The molecule has 0 aromatic heterocycles. The van der Waals surface area contributed by atoms with Gasteiger partial charge in [0.2, 0.25) is 11.5 Å². The van der Waals surface area contributed by atoms with Crippen molar-refractivity contribution in [2.75, 3.05) is 19.8 Å². The second-order valence-corrected chi connectivity index (χ2v) is 19.0. The molecule has 0 N–H and O–H groups in total. The number of rotatable bonds is 24. The zero-order valence-electron chi connectivity index (χ0n) is 41.6. The predicted molar refractivity (Wildman–Crippen MR) is 282 cm³/mol. The summed E-state index contributed by atoms with van der Waals surface area (Å²) >= 11 is 0. The second-order valence-electron chi connectivity index (χ2n) is 16.7. The Labute approximate surface area is 433 Å². The molecule has 378 valence electrons. The summed E-state index contributed by atoms with van der Waals surface area (Å²) in [5.74, 6) is -8.49. The third-order valence-corrected chi connectivity index (χ3v) is 13.4. The summed E-state index contributed by atoms with van der Waals surface area (Å²) in [5.41, 5.74) is 0. The fourth-order valence-corrected chi connectivity index (χ4v) is 10.7. The number of hydrogen-bond donors (Lipinski definition) is 0. The summed E-state index contributed by atoms with van der Waals surface area (Å²) in [5, 5.41) is 0. The van der Waals surface area contributed by atoms with E-state index in [0.29, 0.717) is 28.7 Å². The van der Waals surface area contributed by atoms with Gasteiger partial charge in [-0.15, -0.1) is 0 Å². The van der Waals surface area contributed by atoms with E-state index in [1.807, 2.05) is 184 Å². The molecule has 0 saturated heterocycles. The minimum absolute atomic E-state index is 0.0539. The van der Waals surface area contributed by atoms with Gasteiger partial charge >= 0.3 is 32.0 Å². The van der Waals surface area contributed by atoms with Crippen molar-refractivity contribution in [1.29, 1.82) is 0 Å². The molecular formula is C61H58O12Si. The van der Waals surface area contributed by atoms with Crippen molar-refractivity contribution >= 4 is 8.80 Å².